The van der Waals surface area contributed by atoms with E-state index in [4.69, 9.17) is 4.98 Å². The number of piperidine rings is 1. The van der Waals surface area contributed by atoms with Gasteiger partial charge in [-0.25, -0.2) is 15.0 Å². The summed E-state index contributed by atoms with van der Waals surface area (Å²) in [6.45, 7) is 2.54. The smallest absolute Gasteiger partial charge is 0.231 e. The molecule has 1 fully saturated rings. The summed E-state index contributed by atoms with van der Waals surface area (Å²) in [5.74, 6) is 2.12. The van der Waals surface area contributed by atoms with Crippen molar-refractivity contribution in [2.24, 2.45) is 5.92 Å². The number of para-hydroxylation sites is 1. The monoisotopic (exact) mass is 404 g/mol. The molecule has 0 spiro atoms. The molecule has 1 aromatic carbocycles. The third-order valence-corrected chi connectivity index (χ3v) is 6.42. The van der Waals surface area contributed by atoms with E-state index in [0.29, 0.717) is 6.54 Å². The Hall–Kier alpha value is -2.96. The summed E-state index contributed by atoms with van der Waals surface area (Å²) in [5, 5.41) is 0. The SMILES string of the molecule is CN(C(=O)C1CCCN(c2ncnc3c2nc2n3CCCCC2)C1)c1ccccc1. The quantitative estimate of drug-likeness (QED) is 0.669. The van der Waals surface area contributed by atoms with E-state index in [0.717, 1.165) is 60.8 Å². The molecule has 7 nitrogen and oxygen atoms in total. The second-order valence-electron chi connectivity index (χ2n) is 8.38. The molecule has 0 aliphatic carbocycles. The number of carbonyl (C=O) groups is 1. The number of nitrogens with zero attached hydrogens (tertiary/aromatic N) is 6. The molecule has 2 aromatic heterocycles. The summed E-state index contributed by atoms with van der Waals surface area (Å²) < 4.78 is 2.27. The lowest BCUT2D eigenvalue weighted by Crippen LogP contribution is -2.44. The fourth-order valence-corrected chi connectivity index (χ4v) is 4.78. The molecule has 2 aliphatic heterocycles. The summed E-state index contributed by atoms with van der Waals surface area (Å²) in [4.78, 5) is 31.3. The third-order valence-electron chi connectivity index (χ3n) is 6.42. The van der Waals surface area contributed by atoms with Gasteiger partial charge in [0.1, 0.15) is 12.2 Å². The molecule has 0 saturated carbocycles. The first-order valence-electron chi connectivity index (χ1n) is 11.0. The Bertz CT molecular complexity index is 1050. The van der Waals surface area contributed by atoms with E-state index < -0.39 is 0 Å². The molecular formula is C23H28N6O. The van der Waals surface area contributed by atoms with Crippen molar-refractivity contribution < 1.29 is 4.79 Å². The van der Waals surface area contributed by atoms with Crippen LogP contribution in [0.4, 0.5) is 11.5 Å². The topological polar surface area (TPSA) is 67.2 Å². The van der Waals surface area contributed by atoms with Gasteiger partial charge < -0.3 is 14.4 Å². The number of rotatable bonds is 3. The van der Waals surface area contributed by atoms with Crippen molar-refractivity contribution in [3.05, 3.63) is 42.5 Å². The fourth-order valence-electron chi connectivity index (χ4n) is 4.78. The van der Waals surface area contributed by atoms with Crippen LogP contribution in [0.25, 0.3) is 11.2 Å². The van der Waals surface area contributed by atoms with Crippen LogP contribution in [-0.4, -0.2) is 45.6 Å². The van der Waals surface area contributed by atoms with E-state index >= 15 is 0 Å². The Morgan fingerprint density at radius 3 is 2.80 bits per heavy atom. The van der Waals surface area contributed by atoms with E-state index in [1.807, 2.05) is 37.4 Å². The lowest BCUT2D eigenvalue weighted by molar-refractivity contribution is -0.122. The van der Waals surface area contributed by atoms with Crippen molar-refractivity contribution in [1.82, 2.24) is 19.5 Å². The van der Waals surface area contributed by atoms with Crippen LogP contribution in [-0.2, 0) is 17.8 Å². The molecule has 30 heavy (non-hydrogen) atoms. The minimum atomic E-state index is -0.0468. The van der Waals surface area contributed by atoms with Gasteiger partial charge in [0.15, 0.2) is 17.0 Å². The fraction of sp³-hybridized carbons (Fsp3) is 0.478. The summed E-state index contributed by atoms with van der Waals surface area (Å²) in [6.07, 6.45) is 8.12. The number of hydrogen-bond donors (Lipinski definition) is 0. The van der Waals surface area contributed by atoms with Crippen LogP contribution in [0.1, 0.15) is 37.9 Å². The molecular weight excluding hydrogens is 376 g/mol. The maximum atomic E-state index is 13.2. The van der Waals surface area contributed by atoms with Crippen molar-refractivity contribution >= 4 is 28.6 Å². The third kappa shape index (κ3) is 3.42. The second-order valence-corrected chi connectivity index (χ2v) is 8.38. The van der Waals surface area contributed by atoms with Gasteiger partial charge in [-0.05, 0) is 37.8 Å². The lowest BCUT2D eigenvalue weighted by Gasteiger charge is -2.34. The Labute approximate surface area is 176 Å². The van der Waals surface area contributed by atoms with Gasteiger partial charge in [-0.15, -0.1) is 0 Å². The van der Waals surface area contributed by atoms with Crippen LogP contribution in [0.2, 0.25) is 0 Å². The van der Waals surface area contributed by atoms with Gasteiger partial charge in [-0.3, -0.25) is 4.79 Å². The molecule has 156 valence electrons. The highest BCUT2D eigenvalue weighted by molar-refractivity contribution is 5.95. The molecule has 1 atom stereocenters. The highest BCUT2D eigenvalue weighted by Gasteiger charge is 2.31. The van der Waals surface area contributed by atoms with Gasteiger partial charge in [0.25, 0.3) is 0 Å². The molecule has 5 rings (SSSR count). The summed E-state index contributed by atoms with van der Waals surface area (Å²) in [5.41, 5.74) is 2.76. The largest absolute Gasteiger partial charge is 0.354 e. The van der Waals surface area contributed by atoms with Gasteiger partial charge in [0, 0.05) is 38.8 Å². The van der Waals surface area contributed by atoms with E-state index in [1.54, 1.807) is 11.2 Å². The maximum absolute atomic E-state index is 13.2. The second kappa shape index (κ2) is 8.05. The van der Waals surface area contributed by atoms with Crippen LogP contribution >= 0.6 is 0 Å². The van der Waals surface area contributed by atoms with E-state index in [9.17, 15) is 4.79 Å². The van der Waals surface area contributed by atoms with Gasteiger partial charge in [-0.2, -0.15) is 0 Å². The van der Waals surface area contributed by atoms with Crippen molar-refractivity contribution in [1.29, 1.82) is 0 Å². The van der Waals surface area contributed by atoms with Gasteiger partial charge in [0.05, 0.1) is 5.92 Å². The number of hydrogen-bond acceptors (Lipinski definition) is 5. The zero-order valence-corrected chi connectivity index (χ0v) is 17.5. The van der Waals surface area contributed by atoms with Crippen LogP contribution in [0.3, 0.4) is 0 Å². The molecule has 0 radical (unpaired) electrons. The lowest BCUT2D eigenvalue weighted by atomic mass is 9.96. The van der Waals surface area contributed by atoms with Crippen molar-refractivity contribution in [3.8, 4) is 0 Å². The van der Waals surface area contributed by atoms with Crippen molar-refractivity contribution in [2.45, 2.75) is 45.1 Å². The zero-order valence-electron chi connectivity index (χ0n) is 17.5. The van der Waals surface area contributed by atoms with E-state index in [1.165, 1.54) is 19.3 Å². The Kier molecular flexibility index (Phi) is 5.11. The molecule has 1 unspecified atom stereocenters. The minimum absolute atomic E-state index is 0.0468. The van der Waals surface area contributed by atoms with Crippen LogP contribution < -0.4 is 9.80 Å². The Morgan fingerprint density at radius 1 is 1.07 bits per heavy atom. The molecule has 1 amide bonds. The average Bonchev–Trinajstić information content (AvgIpc) is 2.99. The number of carbonyl (C=O) groups excluding carboxylic acids is 1. The predicted octanol–water partition coefficient (Wildman–Crippen LogP) is 3.43. The first-order chi connectivity index (χ1) is 14.7. The first-order valence-corrected chi connectivity index (χ1v) is 11.0. The van der Waals surface area contributed by atoms with E-state index in [2.05, 4.69) is 19.4 Å². The van der Waals surface area contributed by atoms with Gasteiger partial charge in [-0.1, -0.05) is 24.6 Å². The Morgan fingerprint density at radius 2 is 1.93 bits per heavy atom. The van der Waals surface area contributed by atoms with Crippen LogP contribution in [0.15, 0.2) is 36.7 Å². The molecule has 0 N–H and O–H groups in total. The van der Waals surface area contributed by atoms with E-state index in [-0.39, 0.29) is 11.8 Å². The molecule has 2 aliphatic rings. The number of aryl methyl sites for hydroxylation is 2. The molecule has 0 bridgehead atoms. The maximum Gasteiger partial charge on any atom is 0.231 e. The highest BCUT2D eigenvalue weighted by atomic mass is 16.2. The normalized spacial score (nSPS) is 19.4. The number of aromatic nitrogens is 4. The first kappa shape index (κ1) is 19.0. The zero-order chi connectivity index (χ0) is 20.5. The van der Waals surface area contributed by atoms with Crippen molar-refractivity contribution in [2.75, 3.05) is 29.9 Å². The molecule has 1 saturated heterocycles. The summed E-state index contributed by atoms with van der Waals surface area (Å²) >= 11 is 0. The van der Waals surface area contributed by atoms with Gasteiger partial charge >= 0.3 is 0 Å². The number of benzene rings is 1. The molecule has 3 aromatic rings. The molecule has 7 heteroatoms. The predicted molar refractivity (Wildman–Crippen MR) is 118 cm³/mol. The summed E-state index contributed by atoms with van der Waals surface area (Å²) in [7, 11) is 1.87. The standard InChI is InChI=1S/C23H28N6O/c1-27(18-10-4-2-5-11-18)23(30)17-9-8-13-28(15-17)21-20-22(25-16-24-21)29-14-7-3-6-12-19(29)26-20/h2,4-5,10-11,16-17H,3,6-9,12-15H2,1H3. The molecule has 4 heterocycles. The number of amides is 1. The van der Waals surface area contributed by atoms with Gasteiger partial charge in [0.2, 0.25) is 5.91 Å². The van der Waals surface area contributed by atoms with Crippen molar-refractivity contribution in [3.63, 3.8) is 0 Å². The number of imidazole rings is 1. The average molecular weight is 405 g/mol. The van der Waals surface area contributed by atoms with Crippen LogP contribution in [0, 0.1) is 5.92 Å². The van der Waals surface area contributed by atoms with Crippen LogP contribution in [0.5, 0.6) is 0 Å². The minimum Gasteiger partial charge on any atom is -0.354 e. The highest BCUT2D eigenvalue weighted by Crippen LogP contribution is 2.30. The Balaban J connectivity index is 1.41. The number of fused-ring (bicyclic) bond motifs is 3. The number of anilines is 2. The summed E-state index contributed by atoms with van der Waals surface area (Å²) in [6, 6.07) is 9.85.